The summed E-state index contributed by atoms with van der Waals surface area (Å²) in [5.74, 6) is -0.358. The number of nitrogens with one attached hydrogen (secondary N) is 1. The van der Waals surface area contributed by atoms with Gasteiger partial charge in [-0.05, 0) is 60.5 Å². The summed E-state index contributed by atoms with van der Waals surface area (Å²) in [6.07, 6.45) is 2.64. The van der Waals surface area contributed by atoms with Gasteiger partial charge >= 0.3 is 11.7 Å². The number of fused-ring (bicyclic) bond motifs is 1. The standard InChI is InChI=1S/C24H22N4O3/c1-31-23(29)18-6-4-16(5-7-18)17-8-10-19(11-9-17)27-21-3-2-13-26-22(21)28(24(27)30)20-12-14-25-15-20/h2-11,13,20,25H,12,14-15H2,1H3. The average Bonchev–Trinajstić information content (AvgIpc) is 3.44. The van der Waals surface area contributed by atoms with Gasteiger partial charge in [-0.2, -0.15) is 0 Å². The van der Waals surface area contributed by atoms with Crippen molar-refractivity contribution in [2.75, 3.05) is 20.2 Å². The Bertz CT molecular complexity index is 1300. The van der Waals surface area contributed by atoms with Gasteiger partial charge in [-0.3, -0.25) is 9.13 Å². The summed E-state index contributed by atoms with van der Waals surface area (Å²) in [4.78, 5) is 29.5. The molecule has 1 aliphatic rings. The molecule has 1 atom stereocenters. The van der Waals surface area contributed by atoms with E-state index in [-0.39, 0.29) is 17.7 Å². The van der Waals surface area contributed by atoms with E-state index in [1.165, 1.54) is 7.11 Å². The highest BCUT2D eigenvalue weighted by atomic mass is 16.5. The van der Waals surface area contributed by atoms with Crippen molar-refractivity contribution in [1.29, 1.82) is 0 Å². The van der Waals surface area contributed by atoms with Crippen molar-refractivity contribution in [1.82, 2.24) is 19.4 Å². The minimum atomic E-state index is -0.358. The molecule has 0 saturated carbocycles. The Morgan fingerprint density at radius 3 is 2.42 bits per heavy atom. The van der Waals surface area contributed by atoms with E-state index in [0.717, 1.165) is 41.8 Å². The normalized spacial score (nSPS) is 16.0. The van der Waals surface area contributed by atoms with Crippen LogP contribution >= 0.6 is 0 Å². The summed E-state index contributed by atoms with van der Waals surface area (Å²) < 4.78 is 8.29. The highest BCUT2D eigenvalue weighted by molar-refractivity contribution is 5.90. The molecule has 1 unspecified atom stereocenters. The Kier molecular flexibility index (Phi) is 4.88. The highest BCUT2D eigenvalue weighted by Crippen LogP contribution is 2.25. The van der Waals surface area contributed by atoms with Crippen LogP contribution in [0.25, 0.3) is 28.0 Å². The lowest BCUT2D eigenvalue weighted by molar-refractivity contribution is 0.0601. The van der Waals surface area contributed by atoms with Crippen LogP contribution in [0.15, 0.2) is 71.7 Å². The van der Waals surface area contributed by atoms with Crippen LogP contribution in [-0.4, -0.2) is 40.3 Å². The number of hydrogen-bond donors (Lipinski definition) is 1. The van der Waals surface area contributed by atoms with Crippen molar-refractivity contribution in [2.45, 2.75) is 12.5 Å². The topological polar surface area (TPSA) is 78.1 Å². The molecule has 0 amide bonds. The fourth-order valence-corrected chi connectivity index (χ4v) is 4.21. The number of carbonyl (C=O) groups is 1. The van der Waals surface area contributed by atoms with Crippen molar-refractivity contribution in [3.8, 4) is 16.8 Å². The zero-order chi connectivity index (χ0) is 21.4. The molecule has 0 radical (unpaired) electrons. The Labute approximate surface area is 178 Å². The first-order valence-electron chi connectivity index (χ1n) is 10.3. The number of ether oxygens (including phenoxy) is 1. The van der Waals surface area contributed by atoms with Gasteiger partial charge in [0.05, 0.1) is 29.9 Å². The van der Waals surface area contributed by atoms with Crippen molar-refractivity contribution >= 4 is 17.1 Å². The zero-order valence-corrected chi connectivity index (χ0v) is 17.1. The Balaban J connectivity index is 1.54. The second-order valence-electron chi connectivity index (χ2n) is 7.60. The number of aromatic nitrogens is 3. The second kappa shape index (κ2) is 7.85. The lowest BCUT2D eigenvalue weighted by Crippen LogP contribution is -2.28. The van der Waals surface area contributed by atoms with E-state index in [1.807, 2.05) is 53.1 Å². The first-order chi connectivity index (χ1) is 15.2. The number of imidazole rings is 1. The highest BCUT2D eigenvalue weighted by Gasteiger charge is 2.24. The number of rotatable bonds is 4. The third kappa shape index (κ3) is 3.33. The molecular weight excluding hydrogens is 392 g/mol. The summed E-state index contributed by atoms with van der Waals surface area (Å²) in [6.45, 7) is 1.68. The second-order valence-corrected chi connectivity index (χ2v) is 7.60. The molecule has 156 valence electrons. The fraction of sp³-hybridized carbons (Fsp3) is 0.208. The quantitative estimate of drug-likeness (QED) is 0.519. The van der Waals surface area contributed by atoms with Gasteiger partial charge in [0, 0.05) is 12.7 Å². The summed E-state index contributed by atoms with van der Waals surface area (Å²) in [5, 5.41) is 3.33. The Hall–Kier alpha value is -3.71. The van der Waals surface area contributed by atoms with Gasteiger partial charge in [0.15, 0.2) is 5.65 Å². The molecule has 5 rings (SSSR count). The molecule has 1 fully saturated rings. The van der Waals surface area contributed by atoms with E-state index in [9.17, 15) is 9.59 Å². The number of benzene rings is 2. The Morgan fingerprint density at radius 2 is 1.77 bits per heavy atom. The van der Waals surface area contributed by atoms with Gasteiger partial charge in [0.25, 0.3) is 0 Å². The van der Waals surface area contributed by atoms with Gasteiger partial charge in [-0.15, -0.1) is 0 Å². The van der Waals surface area contributed by atoms with Gasteiger partial charge in [-0.25, -0.2) is 14.6 Å². The summed E-state index contributed by atoms with van der Waals surface area (Å²) in [5.41, 5.74) is 4.72. The van der Waals surface area contributed by atoms with Crippen molar-refractivity contribution in [3.63, 3.8) is 0 Å². The fourth-order valence-electron chi connectivity index (χ4n) is 4.21. The number of carbonyl (C=O) groups excluding carboxylic acids is 1. The maximum atomic E-state index is 13.4. The monoisotopic (exact) mass is 414 g/mol. The van der Waals surface area contributed by atoms with Gasteiger partial charge in [0.2, 0.25) is 0 Å². The number of nitrogens with zero attached hydrogens (tertiary/aromatic N) is 3. The van der Waals surface area contributed by atoms with E-state index < -0.39 is 0 Å². The minimum absolute atomic E-state index is 0.0717. The maximum absolute atomic E-state index is 13.4. The zero-order valence-electron chi connectivity index (χ0n) is 17.1. The van der Waals surface area contributed by atoms with Crippen LogP contribution in [0.1, 0.15) is 22.8 Å². The predicted octanol–water partition coefficient (Wildman–Crippen LogP) is 3.18. The van der Waals surface area contributed by atoms with E-state index in [2.05, 4.69) is 10.3 Å². The van der Waals surface area contributed by atoms with Crippen LogP contribution in [0.4, 0.5) is 0 Å². The molecule has 1 saturated heterocycles. The third-order valence-electron chi connectivity index (χ3n) is 5.80. The number of pyridine rings is 1. The molecule has 2 aromatic carbocycles. The van der Waals surface area contributed by atoms with E-state index in [4.69, 9.17) is 4.74 Å². The molecular formula is C24H22N4O3. The molecule has 7 nitrogen and oxygen atoms in total. The first-order valence-corrected chi connectivity index (χ1v) is 10.3. The number of hydrogen-bond acceptors (Lipinski definition) is 5. The smallest absolute Gasteiger partial charge is 0.337 e. The summed E-state index contributed by atoms with van der Waals surface area (Å²) in [6, 6.07) is 19.0. The molecule has 1 aliphatic heterocycles. The molecule has 0 aliphatic carbocycles. The van der Waals surface area contributed by atoms with Crippen molar-refractivity contribution in [2.24, 2.45) is 0 Å². The molecule has 0 bridgehead atoms. The maximum Gasteiger partial charge on any atom is 0.337 e. The molecule has 31 heavy (non-hydrogen) atoms. The number of methoxy groups -OCH3 is 1. The Morgan fingerprint density at radius 1 is 1.06 bits per heavy atom. The van der Waals surface area contributed by atoms with E-state index >= 15 is 0 Å². The van der Waals surface area contributed by atoms with Crippen molar-refractivity contribution < 1.29 is 9.53 Å². The predicted molar refractivity (Wildman–Crippen MR) is 119 cm³/mol. The van der Waals surface area contributed by atoms with Gasteiger partial charge in [-0.1, -0.05) is 24.3 Å². The van der Waals surface area contributed by atoms with Gasteiger partial charge < -0.3 is 10.1 Å². The SMILES string of the molecule is COC(=O)c1ccc(-c2ccc(-n3c(=O)n(C4CCNC4)c4ncccc43)cc2)cc1. The van der Waals surface area contributed by atoms with Crippen LogP contribution in [0.3, 0.4) is 0 Å². The van der Waals surface area contributed by atoms with Crippen LogP contribution in [-0.2, 0) is 4.74 Å². The van der Waals surface area contributed by atoms with Crippen LogP contribution in [0, 0.1) is 0 Å². The minimum Gasteiger partial charge on any atom is -0.465 e. The molecule has 2 aromatic heterocycles. The first kappa shape index (κ1) is 19.3. The largest absolute Gasteiger partial charge is 0.465 e. The van der Waals surface area contributed by atoms with E-state index in [1.54, 1.807) is 22.9 Å². The van der Waals surface area contributed by atoms with Crippen molar-refractivity contribution in [3.05, 3.63) is 82.9 Å². The van der Waals surface area contributed by atoms with Gasteiger partial charge in [0.1, 0.15) is 0 Å². The van der Waals surface area contributed by atoms with Crippen LogP contribution in [0.5, 0.6) is 0 Å². The van der Waals surface area contributed by atoms with E-state index in [0.29, 0.717) is 11.2 Å². The lowest BCUT2D eigenvalue weighted by atomic mass is 10.0. The molecule has 4 aromatic rings. The molecule has 0 spiro atoms. The number of esters is 1. The summed E-state index contributed by atoms with van der Waals surface area (Å²) in [7, 11) is 1.37. The molecule has 7 heteroatoms. The lowest BCUT2D eigenvalue weighted by Gasteiger charge is -2.09. The average molecular weight is 414 g/mol. The molecule has 3 heterocycles. The van der Waals surface area contributed by atoms with Crippen LogP contribution in [0.2, 0.25) is 0 Å². The molecule has 1 N–H and O–H groups in total. The van der Waals surface area contributed by atoms with Crippen LogP contribution < -0.4 is 11.0 Å². The third-order valence-corrected chi connectivity index (χ3v) is 5.80. The summed E-state index contributed by atoms with van der Waals surface area (Å²) >= 11 is 0.